The lowest BCUT2D eigenvalue weighted by atomic mass is 10.0. The van der Waals surface area contributed by atoms with Crippen molar-refractivity contribution in [3.05, 3.63) is 65.7 Å². The van der Waals surface area contributed by atoms with Crippen molar-refractivity contribution in [2.24, 2.45) is 0 Å². The van der Waals surface area contributed by atoms with E-state index in [4.69, 9.17) is 0 Å². The van der Waals surface area contributed by atoms with Crippen molar-refractivity contribution < 1.29 is 4.79 Å². The summed E-state index contributed by atoms with van der Waals surface area (Å²) < 4.78 is 0. The van der Waals surface area contributed by atoms with Crippen molar-refractivity contribution in [2.45, 2.75) is 32.9 Å². The maximum Gasteiger partial charge on any atom is 0.244 e. The normalized spacial score (nSPS) is 11.9. The Hall–Kier alpha value is -3.02. The molecule has 1 amide bonds. The highest BCUT2D eigenvalue weighted by Crippen LogP contribution is 2.17. The van der Waals surface area contributed by atoms with E-state index in [2.05, 4.69) is 32.9 Å². The minimum Gasteiger partial charge on any atom is -0.348 e. The monoisotopic (exact) mass is 335 g/mol. The summed E-state index contributed by atoms with van der Waals surface area (Å²) in [6.45, 7) is 4.14. The molecule has 3 aromatic rings. The van der Waals surface area contributed by atoms with Gasteiger partial charge in [-0.15, -0.1) is 10.2 Å². The van der Waals surface area contributed by atoms with Gasteiger partial charge in [0.25, 0.3) is 0 Å². The van der Waals surface area contributed by atoms with Gasteiger partial charge in [0.15, 0.2) is 0 Å². The highest BCUT2D eigenvalue weighted by Gasteiger charge is 2.14. The fraction of sp³-hybridized carbons (Fsp3) is 0.263. The Morgan fingerprint density at radius 1 is 1.12 bits per heavy atom. The number of rotatable bonds is 6. The van der Waals surface area contributed by atoms with Gasteiger partial charge in [-0.3, -0.25) is 4.79 Å². The van der Waals surface area contributed by atoms with Crippen LogP contribution < -0.4 is 5.32 Å². The first-order valence-electron chi connectivity index (χ1n) is 8.35. The summed E-state index contributed by atoms with van der Waals surface area (Å²) >= 11 is 0. The molecule has 0 saturated carbocycles. The fourth-order valence-electron chi connectivity index (χ4n) is 2.60. The molecule has 0 fully saturated rings. The molecule has 3 rings (SSSR count). The third-order valence-electron chi connectivity index (χ3n) is 3.99. The maximum atomic E-state index is 12.3. The minimum absolute atomic E-state index is 0.0229. The van der Waals surface area contributed by atoms with E-state index in [-0.39, 0.29) is 18.5 Å². The Balaban J connectivity index is 1.64. The van der Waals surface area contributed by atoms with Crippen LogP contribution in [0.25, 0.3) is 11.4 Å². The number of nitrogens with one attached hydrogen (secondary N) is 1. The van der Waals surface area contributed by atoms with E-state index >= 15 is 0 Å². The molecule has 0 bridgehead atoms. The molecule has 6 heteroatoms. The molecule has 0 aliphatic carbocycles. The molecule has 0 radical (unpaired) electrons. The van der Waals surface area contributed by atoms with Gasteiger partial charge in [-0.1, -0.05) is 67.1 Å². The van der Waals surface area contributed by atoms with Crippen LogP contribution in [-0.4, -0.2) is 26.1 Å². The number of nitrogens with zero attached hydrogens (tertiary/aromatic N) is 4. The molecule has 0 saturated heterocycles. The zero-order valence-electron chi connectivity index (χ0n) is 14.4. The van der Waals surface area contributed by atoms with Crippen LogP contribution in [0.15, 0.2) is 54.6 Å². The number of amides is 1. The van der Waals surface area contributed by atoms with Crippen molar-refractivity contribution in [1.82, 2.24) is 25.5 Å². The quantitative estimate of drug-likeness (QED) is 0.752. The maximum absolute atomic E-state index is 12.3. The summed E-state index contributed by atoms with van der Waals surface area (Å²) in [4.78, 5) is 13.6. The van der Waals surface area contributed by atoms with E-state index in [0.717, 1.165) is 17.5 Å². The Morgan fingerprint density at radius 2 is 1.84 bits per heavy atom. The third kappa shape index (κ3) is 4.29. The first-order valence-corrected chi connectivity index (χ1v) is 8.35. The van der Waals surface area contributed by atoms with E-state index < -0.39 is 0 Å². The van der Waals surface area contributed by atoms with Gasteiger partial charge in [-0.05, 0) is 24.1 Å². The molecule has 0 aliphatic rings. The average Bonchev–Trinajstić information content (AvgIpc) is 3.10. The van der Waals surface area contributed by atoms with E-state index in [1.165, 1.54) is 10.4 Å². The molecule has 0 unspecified atom stereocenters. The van der Waals surface area contributed by atoms with Crippen molar-refractivity contribution >= 4 is 5.91 Å². The van der Waals surface area contributed by atoms with Crippen LogP contribution in [-0.2, 0) is 11.3 Å². The van der Waals surface area contributed by atoms with Crippen LogP contribution in [0.3, 0.4) is 0 Å². The van der Waals surface area contributed by atoms with Crippen molar-refractivity contribution in [1.29, 1.82) is 0 Å². The third-order valence-corrected chi connectivity index (χ3v) is 3.99. The lowest BCUT2D eigenvalue weighted by Gasteiger charge is -2.17. The summed E-state index contributed by atoms with van der Waals surface area (Å²) in [5, 5.41) is 15.3. The first-order chi connectivity index (χ1) is 12.2. The second-order valence-electron chi connectivity index (χ2n) is 5.95. The minimum atomic E-state index is -0.135. The molecule has 1 aromatic heterocycles. The Bertz CT molecular complexity index is 827. The van der Waals surface area contributed by atoms with Crippen molar-refractivity contribution in [2.75, 3.05) is 0 Å². The number of aryl methyl sites for hydroxylation is 1. The summed E-state index contributed by atoms with van der Waals surface area (Å²) in [5.74, 6) is 0.378. The van der Waals surface area contributed by atoms with Crippen molar-refractivity contribution in [3.63, 3.8) is 0 Å². The van der Waals surface area contributed by atoms with Gasteiger partial charge < -0.3 is 5.32 Å². The van der Waals surface area contributed by atoms with Gasteiger partial charge in [0, 0.05) is 5.56 Å². The van der Waals surface area contributed by atoms with Crippen LogP contribution in [0.5, 0.6) is 0 Å². The van der Waals surface area contributed by atoms with Gasteiger partial charge in [0.05, 0.1) is 6.04 Å². The molecule has 25 heavy (non-hydrogen) atoms. The van der Waals surface area contributed by atoms with E-state index in [0.29, 0.717) is 5.82 Å². The predicted octanol–water partition coefficient (Wildman–Crippen LogP) is 2.92. The fourth-order valence-corrected chi connectivity index (χ4v) is 2.60. The summed E-state index contributed by atoms with van der Waals surface area (Å²) in [6.07, 6.45) is 0.814. The standard InChI is InChI=1S/C19H21N5O/c1-3-17(15-11-9-14(2)10-12-15)20-18(25)13-24-22-19(21-23-24)16-7-5-4-6-8-16/h4-12,17H,3,13H2,1-2H3,(H,20,25)/t17-/m0/s1. The number of hydrogen-bond acceptors (Lipinski definition) is 4. The van der Waals surface area contributed by atoms with E-state index in [1.54, 1.807) is 0 Å². The van der Waals surface area contributed by atoms with Crippen LogP contribution in [0.4, 0.5) is 0 Å². The van der Waals surface area contributed by atoms with Gasteiger partial charge in [0.2, 0.25) is 11.7 Å². The van der Waals surface area contributed by atoms with E-state index in [9.17, 15) is 4.79 Å². The molecule has 2 aromatic carbocycles. The molecule has 128 valence electrons. The van der Waals surface area contributed by atoms with Crippen LogP contribution >= 0.6 is 0 Å². The van der Waals surface area contributed by atoms with Gasteiger partial charge in [-0.2, -0.15) is 4.80 Å². The van der Waals surface area contributed by atoms with Gasteiger partial charge in [-0.25, -0.2) is 0 Å². The number of hydrogen-bond donors (Lipinski definition) is 1. The second-order valence-corrected chi connectivity index (χ2v) is 5.95. The second kappa shape index (κ2) is 7.70. The van der Waals surface area contributed by atoms with Crippen molar-refractivity contribution in [3.8, 4) is 11.4 Å². The molecule has 0 aliphatic heterocycles. The number of benzene rings is 2. The Morgan fingerprint density at radius 3 is 2.52 bits per heavy atom. The van der Waals surface area contributed by atoms with Crippen LogP contribution in [0.2, 0.25) is 0 Å². The molecular weight excluding hydrogens is 314 g/mol. The zero-order chi connectivity index (χ0) is 17.6. The molecular formula is C19H21N5O. The lowest BCUT2D eigenvalue weighted by molar-refractivity contribution is -0.122. The predicted molar refractivity (Wildman–Crippen MR) is 95.6 cm³/mol. The molecule has 1 N–H and O–H groups in total. The van der Waals surface area contributed by atoms with E-state index in [1.807, 2.05) is 56.3 Å². The molecule has 1 atom stereocenters. The molecule has 0 spiro atoms. The first kappa shape index (κ1) is 16.8. The zero-order valence-corrected chi connectivity index (χ0v) is 14.4. The Labute approximate surface area is 146 Å². The average molecular weight is 335 g/mol. The summed E-state index contributed by atoms with van der Waals surface area (Å²) in [6, 6.07) is 17.7. The number of carbonyl (C=O) groups is 1. The number of carbonyl (C=O) groups excluding carboxylic acids is 1. The largest absolute Gasteiger partial charge is 0.348 e. The summed E-state index contributed by atoms with van der Waals surface area (Å²) in [7, 11) is 0. The van der Waals surface area contributed by atoms with Crippen LogP contribution in [0, 0.1) is 6.92 Å². The van der Waals surface area contributed by atoms with Gasteiger partial charge in [0.1, 0.15) is 6.54 Å². The Kier molecular flexibility index (Phi) is 5.18. The topological polar surface area (TPSA) is 72.7 Å². The number of aromatic nitrogens is 4. The number of tetrazole rings is 1. The summed E-state index contributed by atoms with van der Waals surface area (Å²) in [5.41, 5.74) is 3.17. The lowest BCUT2D eigenvalue weighted by Crippen LogP contribution is -2.32. The highest BCUT2D eigenvalue weighted by molar-refractivity contribution is 5.76. The molecule has 1 heterocycles. The highest BCUT2D eigenvalue weighted by atomic mass is 16.2. The molecule has 6 nitrogen and oxygen atoms in total. The SMILES string of the molecule is CC[C@H](NC(=O)Cn1nnc(-c2ccccc2)n1)c1ccc(C)cc1. The van der Waals surface area contributed by atoms with Gasteiger partial charge >= 0.3 is 0 Å². The van der Waals surface area contributed by atoms with Crippen LogP contribution in [0.1, 0.15) is 30.5 Å². The smallest absolute Gasteiger partial charge is 0.244 e.